The summed E-state index contributed by atoms with van der Waals surface area (Å²) in [5.41, 5.74) is 0. The summed E-state index contributed by atoms with van der Waals surface area (Å²) in [4.78, 5) is 0. The molecule has 0 saturated heterocycles. The normalized spacial score (nSPS) is 31.1. The van der Waals surface area contributed by atoms with Gasteiger partial charge in [-0.1, -0.05) is 19.3 Å². The average Bonchev–Trinajstić information content (AvgIpc) is 2.39. The van der Waals surface area contributed by atoms with Gasteiger partial charge in [-0.05, 0) is 24.7 Å². The molecule has 2 heteroatoms. The van der Waals surface area contributed by atoms with E-state index in [1.165, 1.54) is 19.3 Å². The lowest BCUT2D eigenvalue weighted by molar-refractivity contribution is 0.200. The number of aliphatic hydroxyl groups is 2. The number of hydrogen-bond donors (Lipinski definition) is 2. The molecule has 0 aliphatic heterocycles. The van der Waals surface area contributed by atoms with Gasteiger partial charge < -0.3 is 10.2 Å². The highest BCUT2D eigenvalue weighted by Gasteiger charge is 2.25. The lowest BCUT2D eigenvalue weighted by Crippen LogP contribution is -2.11. The molecule has 0 aromatic carbocycles. The highest BCUT2D eigenvalue weighted by Crippen LogP contribution is 2.35. The Bertz CT molecular complexity index is 91.7. The molecule has 0 radical (unpaired) electrons. The highest BCUT2D eigenvalue weighted by atomic mass is 16.3. The van der Waals surface area contributed by atoms with Gasteiger partial charge in [0, 0.05) is 13.2 Å². The van der Waals surface area contributed by atoms with E-state index in [0.717, 1.165) is 12.8 Å². The van der Waals surface area contributed by atoms with E-state index in [-0.39, 0.29) is 0 Å². The molecule has 0 aromatic heterocycles. The molecule has 1 saturated carbocycles. The van der Waals surface area contributed by atoms with E-state index in [4.69, 9.17) is 10.2 Å². The van der Waals surface area contributed by atoms with Crippen LogP contribution in [0.5, 0.6) is 0 Å². The fourth-order valence-corrected chi connectivity index (χ4v) is 2.21. The van der Waals surface area contributed by atoms with E-state index in [1.54, 1.807) is 0 Å². The Morgan fingerprint density at radius 3 is 1.73 bits per heavy atom. The first-order valence-electron chi connectivity index (χ1n) is 4.60. The van der Waals surface area contributed by atoms with E-state index in [2.05, 4.69) is 0 Å². The fourth-order valence-electron chi connectivity index (χ4n) is 2.21. The van der Waals surface area contributed by atoms with Gasteiger partial charge in [-0.3, -0.25) is 0 Å². The molecule has 0 amide bonds. The molecule has 1 aliphatic carbocycles. The van der Waals surface area contributed by atoms with Gasteiger partial charge in [0.1, 0.15) is 0 Å². The molecule has 66 valence electrons. The van der Waals surface area contributed by atoms with E-state index in [1.807, 2.05) is 0 Å². The Balaban J connectivity index is 2.25. The van der Waals surface area contributed by atoms with Crippen molar-refractivity contribution in [3.05, 3.63) is 0 Å². The Morgan fingerprint density at radius 1 is 0.909 bits per heavy atom. The monoisotopic (exact) mass is 158 g/mol. The predicted molar refractivity (Wildman–Crippen MR) is 44.2 cm³/mol. The molecule has 11 heavy (non-hydrogen) atoms. The van der Waals surface area contributed by atoms with E-state index in [0.29, 0.717) is 25.0 Å². The molecule has 0 aromatic rings. The van der Waals surface area contributed by atoms with Crippen LogP contribution in [-0.4, -0.2) is 23.4 Å². The molecule has 0 bridgehead atoms. The van der Waals surface area contributed by atoms with E-state index in [9.17, 15) is 0 Å². The van der Waals surface area contributed by atoms with Crippen molar-refractivity contribution in [3.8, 4) is 0 Å². The standard InChI is InChI=1S/C9H18O2/c10-6-4-8-2-1-3-9(8)5-7-11/h8-11H,1-7H2/t8-,9+. The van der Waals surface area contributed by atoms with E-state index < -0.39 is 0 Å². The molecule has 2 N–H and O–H groups in total. The highest BCUT2D eigenvalue weighted by molar-refractivity contribution is 4.76. The Hall–Kier alpha value is -0.0800. The zero-order chi connectivity index (χ0) is 8.10. The van der Waals surface area contributed by atoms with Gasteiger partial charge in [0.25, 0.3) is 0 Å². The number of hydrogen-bond acceptors (Lipinski definition) is 2. The first kappa shape index (κ1) is 9.01. The maximum absolute atomic E-state index is 8.75. The minimum atomic E-state index is 0.312. The van der Waals surface area contributed by atoms with Crippen LogP contribution in [0.15, 0.2) is 0 Å². The van der Waals surface area contributed by atoms with Gasteiger partial charge in [0.05, 0.1) is 0 Å². The predicted octanol–water partition coefficient (Wildman–Crippen LogP) is 1.17. The largest absolute Gasteiger partial charge is 0.396 e. The van der Waals surface area contributed by atoms with Crippen LogP contribution in [-0.2, 0) is 0 Å². The topological polar surface area (TPSA) is 40.5 Å². The van der Waals surface area contributed by atoms with Crippen LogP contribution >= 0.6 is 0 Å². The van der Waals surface area contributed by atoms with E-state index >= 15 is 0 Å². The van der Waals surface area contributed by atoms with Crippen LogP contribution in [0.3, 0.4) is 0 Å². The molecule has 0 spiro atoms. The molecule has 1 aliphatic rings. The summed E-state index contributed by atoms with van der Waals surface area (Å²) in [7, 11) is 0. The molecular formula is C9H18O2. The van der Waals surface area contributed by atoms with Crippen molar-refractivity contribution in [2.45, 2.75) is 32.1 Å². The van der Waals surface area contributed by atoms with Gasteiger partial charge in [0.2, 0.25) is 0 Å². The zero-order valence-corrected chi connectivity index (χ0v) is 7.00. The lowest BCUT2D eigenvalue weighted by Gasteiger charge is -2.16. The van der Waals surface area contributed by atoms with Crippen molar-refractivity contribution in [1.29, 1.82) is 0 Å². The fraction of sp³-hybridized carbons (Fsp3) is 1.00. The maximum atomic E-state index is 8.75. The first-order valence-corrected chi connectivity index (χ1v) is 4.60. The van der Waals surface area contributed by atoms with Gasteiger partial charge in [-0.25, -0.2) is 0 Å². The van der Waals surface area contributed by atoms with Crippen LogP contribution in [0.1, 0.15) is 32.1 Å². The number of rotatable bonds is 4. The van der Waals surface area contributed by atoms with Gasteiger partial charge in [0.15, 0.2) is 0 Å². The van der Waals surface area contributed by atoms with Gasteiger partial charge in [-0.2, -0.15) is 0 Å². The van der Waals surface area contributed by atoms with Crippen molar-refractivity contribution in [2.75, 3.05) is 13.2 Å². The summed E-state index contributed by atoms with van der Waals surface area (Å²) in [6, 6.07) is 0. The van der Waals surface area contributed by atoms with Crippen LogP contribution in [0.25, 0.3) is 0 Å². The third kappa shape index (κ3) is 2.46. The smallest absolute Gasteiger partial charge is 0.0433 e. The minimum Gasteiger partial charge on any atom is -0.396 e. The summed E-state index contributed by atoms with van der Waals surface area (Å²) in [5, 5.41) is 17.5. The molecule has 0 heterocycles. The zero-order valence-electron chi connectivity index (χ0n) is 7.00. The quantitative estimate of drug-likeness (QED) is 0.644. The van der Waals surface area contributed by atoms with Gasteiger partial charge in [-0.15, -0.1) is 0 Å². The maximum Gasteiger partial charge on any atom is 0.0433 e. The molecular weight excluding hydrogens is 140 g/mol. The first-order chi connectivity index (χ1) is 5.38. The summed E-state index contributed by atoms with van der Waals surface area (Å²) < 4.78 is 0. The van der Waals surface area contributed by atoms with Crippen molar-refractivity contribution in [3.63, 3.8) is 0 Å². The second-order valence-electron chi connectivity index (χ2n) is 3.48. The summed E-state index contributed by atoms with van der Waals surface area (Å²) in [6.45, 7) is 0.624. The summed E-state index contributed by atoms with van der Waals surface area (Å²) in [5.74, 6) is 1.37. The Kier molecular flexibility index (Phi) is 3.87. The van der Waals surface area contributed by atoms with Crippen LogP contribution in [0.4, 0.5) is 0 Å². The number of aliphatic hydroxyl groups excluding tert-OH is 2. The summed E-state index contributed by atoms with van der Waals surface area (Å²) >= 11 is 0. The SMILES string of the molecule is OCC[C@@H]1CCC[C@@H]1CCO. The third-order valence-corrected chi connectivity index (χ3v) is 2.82. The second kappa shape index (κ2) is 4.73. The van der Waals surface area contributed by atoms with Crippen LogP contribution in [0.2, 0.25) is 0 Å². The van der Waals surface area contributed by atoms with Crippen molar-refractivity contribution in [1.82, 2.24) is 0 Å². The second-order valence-corrected chi connectivity index (χ2v) is 3.48. The molecule has 2 atom stereocenters. The van der Waals surface area contributed by atoms with Crippen molar-refractivity contribution in [2.24, 2.45) is 11.8 Å². The minimum absolute atomic E-state index is 0.312. The third-order valence-electron chi connectivity index (χ3n) is 2.82. The van der Waals surface area contributed by atoms with Crippen molar-refractivity contribution >= 4 is 0 Å². The van der Waals surface area contributed by atoms with Crippen LogP contribution < -0.4 is 0 Å². The van der Waals surface area contributed by atoms with Gasteiger partial charge >= 0.3 is 0 Å². The molecule has 1 fully saturated rings. The molecule has 1 rings (SSSR count). The van der Waals surface area contributed by atoms with Crippen LogP contribution in [0, 0.1) is 11.8 Å². The Morgan fingerprint density at radius 2 is 1.36 bits per heavy atom. The molecule has 2 nitrogen and oxygen atoms in total. The summed E-state index contributed by atoms with van der Waals surface area (Å²) in [6.07, 6.45) is 5.67. The van der Waals surface area contributed by atoms with Crippen molar-refractivity contribution < 1.29 is 10.2 Å². The average molecular weight is 158 g/mol. The molecule has 0 unspecified atom stereocenters. The lowest BCUT2D eigenvalue weighted by atomic mass is 9.91. The Labute approximate surface area is 68.2 Å².